The summed E-state index contributed by atoms with van der Waals surface area (Å²) < 4.78 is 39.9. The lowest BCUT2D eigenvalue weighted by Gasteiger charge is -2.04. The average Bonchev–Trinajstić information content (AvgIpc) is 3.34. The fraction of sp³-hybridized carbons (Fsp3) is 0.150. The topological polar surface area (TPSA) is 43.6 Å². The van der Waals surface area contributed by atoms with E-state index < -0.39 is 11.9 Å². The van der Waals surface area contributed by atoms with Gasteiger partial charge in [-0.2, -0.15) is 18.3 Å². The SMILES string of the molecule is Cn1nc(-c2ccc(-c3ccnc(SCc4ccccc4)n3)s2)cc1C(F)(F)F. The van der Waals surface area contributed by atoms with Gasteiger partial charge in [-0.25, -0.2) is 9.97 Å². The Hall–Kier alpha value is -2.65. The second kappa shape index (κ2) is 8.00. The van der Waals surface area contributed by atoms with E-state index in [0.29, 0.717) is 15.7 Å². The number of thiophene rings is 1. The highest BCUT2D eigenvalue weighted by atomic mass is 32.2. The van der Waals surface area contributed by atoms with E-state index in [1.54, 1.807) is 18.3 Å². The van der Waals surface area contributed by atoms with E-state index in [1.165, 1.54) is 35.7 Å². The molecule has 4 aromatic rings. The minimum absolute atomic E-state index is 0.295. The number of rotatable bonds is 5. The van der Waals surface area contributed by atoms with Crippen LogP contribution in [0.1, 0.15) is 11.3 Å². The van der Waals surface area contributed by atoms with Gasteiger partial charge >= 0.3 is 6.18 Å². The van der Waals surface area contributed by atoms with Gasteiger partial charge in [-0.3, -0.25) is 4.68 Å². The fourth-order valence-corrected chi connectivity index (χ4v) is 4.45. The van der Waals surface area contributed by atoms with Gasteiger partial charge in [0.1, 0.15) is 11.4 Å². The Morgan fingerprint density at radius 2 is 1.72 bits per heavy atom. The number of alkyl halides is 3. The molecular weight excluding hydrogens is 417 g/mol. The molecule has 0 fully saturated rings. The molecule has 3 aromatic heterocycles. The Morgan fingerprint density at radius 3 is 2.41 bits per heavy atom. The van der Waals surface area contributed by atoms with Gasteiger partial charge in [0.2, 0.25) is 0 Å². The number of nitrogens with zero attached hydrogens (tertiary/aromatic N) is 4. The Balaban J connectivity index is 1.54. The van der Waals surface area contributed by atoms with Gasteiger partial charge in [-0.05, 0) is 29.8 Å². The van der Waals surface area contributed by atoms with Crippen molar-refractivity contribution in [1.29, 1.82) is 0 Å². The quantitative estimate of drug-likeness (QED) is 0.290. The summed E-state index contributed by atoms with van der Waals surface area (Å²) in [5.41, 5.74) is 1.44. The van der Waals surface area contributed by atoms with Gasteiger partial charge in [-0.1, -0.05) is 42.1 Å². The maximum atomic E-state index is 13.0. The van der Waals surface area contributed by atoms with Crippen molar-refractivity contribution in [2.24, 2.45) is 7.05 Å². The molecule has 0 aliphatic heterocycles. The number of aromatic nitrogens is 4. The van der Waals surface area contributed by atoms with Crippen molar-refractivity contribution in [3.8, 4) is 21.1 Å². The molecule has 3 heterocycles. The number of hydrogen-bond acceptors (Lipinski definition) is 5. The molecule has 0 atom stereocenters. The molecule has 0 unspecified atom stereocenters. The Kier molecular flexibility index (Phi) is 5.42. The number of aryl methyl sites for hydroxylation is 1. The van der Waals surface area contributed by atoms with Crippen LogP contribution in [0.15, 0.2) is 66.0 Å². The van der Waals surface area contributed by atoms with Gasteiger partial charge in [0, 0.05) is 19.0 Å². The van der Waals surface area contributed by atoms with Crippen molar-refractivity contribution in [3.05, 3.63) is 72.1 Å². The number of hydrogen-bond donors (Lipinski definition) is 0. The third-order valence-corrected chi connectivity index (χ3v) is 6.19. The second-order valence-corrected chi connectivity index (χ2v) is 8.23. The van der Waals surface area contributed by atoms with Crippen LogP contribution in [0.5, 0.6) is 0 Å². The minimum Gasteiger partial charge on any atom is -0.263 e. The highest BCUT2D eigenvalue weighted by Gasteiger charge is 2.35. The van der Waals surface area contributed by atoms with Crippen molar-refractivity contribution < 1.29 is 13.2 Å². The molecule has 0 amide bonds. The summed E-state index contributed by atoms with van der Waals surface area (Å²) in [4.78, 5) is 10.4. The number of thioether (sulfide) groups is 1. The Bertz CT molecular complexity index is 1120. The molecule has 0 bridgehead atoms. The zero-order valence-corrected chi connectivity index (χ0v) is 16.9. The maximum Gasteiger partial charge on any atom is 0.433 e. The summed E-state index contributed by atoms with van der Waals surface area (Å²) in [7, 11) is 1.29. The van der Waals surface area contributed by atoms with E-state index in [1.807, 2.05) is 36.4 Å². The molecule has 0 aliphatic rings. The van der Waals surface area contributed by atoms with Crippen LogP contribution in [-0.4, -0.2) is 19.7 Å². The van der Waals surface area contributed by atoms with Crippen LogP contribution in [0.3, 0.4) is 0 Å². The van der Waals surface area contributed by atoms with Crippen molar-refractivity contribution in [2.45, 2.75) is 17.1 Å². The number of halogens is 3. The average molecular weight is 432 g/mol. The molecule has 0 radical (unpaired) electrons. The lowest BCUT2D eigenvalue weighted by Crippen LogP contribution is -2.11. The standard InChI is InChI=1S/C20H15F3N4S2/c1-27-18(20(21,22)23)11-15(26-27)17-8-7-16(29-17)14-9-10-24-19(25-14)28-12-13-5-3-2-4-6-13/h2-11H,12H2,1H3. The van der Waals surface area contributed by atoms with Crippen LogP contribution in [-0.2, 0) is 19.0 Å². The summed E-state index contributed by atoms with van der Waals surface area (Å²) in [5, 5.41) is 4.66. The number of benzene rings is 1. The van der Waals surface area contributed by atoms with Crippen LogP contribution in [0, 0.1) is 0 Å². The molecule has 9 heteroatoms. The highest BCUT2D eigenvalue weighted by molar-refractivity contribution is 7.98. The summed E-state index contributed by atoms with van der Waals surface area (Å²) >= 11 is 2.89. The van der Waals surface area contributed by atoms with Gasteiger partial charge in [0.05, 0.1) is 15.4 Å². The lowest BCUT2D eigenvalue weighted by atomic mass is 10.2. The van der Waals surface area contributed by atoms with Gasteiger partial charge < -0.3 is 0 Å². The summed E-state index contributed by atoms with van der Waals surface area (Å²) in [6.45, 7) is 0. The molecular formula is C20H15F3N4S2. The third kappa shape index (κ3) is 4.51. The van der Waals surface area contributed by atoms with E-state index in [9.17, 15) is 13.2 Å². The molecule has 4 nitrogen and oxygen atoms in total. The normalized spacial score (nSPS) is 11.7. The molecule has 0 spiro atoms. The summed E-state index contributed by atoms with van der Waals surface area (Å²) in [6.07, 6.45) is -2.74. The van der Waals surface area contributed by atoms with E-state index in [4.69, 9.17) is 0 Å². The molecule has 4 rings (SSSR count). The third-order valence-electron chi connectivity index (χ3n) is 4.13. The van der Waals surface area contributed by atoms with Crippen molar-refractivity contribution >= 4 is 23.1 Å². The maximum absolute atomic E-state index is 13.0. The molecule has 0 N–H and O–H groups in total. The second-order valence-electron chi connectivity index (χ2n) is 6.20. The Labute approximate surface area is 173 Å². The predicted octanol–water partition coefficient (Wildman–Crippen LogP) is 5.92. The molecule has 0 saturated heterocycles. The van der Waals surface area contributed by atoms with E-state index in [-0.39, 0.29) is 0 Å². The first-order valence-electron chi connectivity index (χ1n) is 8.62. The van der Waals surface area contributed by atoms with Gasteiger partial charge in [0.15, 0.2) is 5.16 Å². The monoisotopic (exact) mass is 432 g/mol. The van der Waals surface area contributed by atoms with Crippen molar-refractivity contribution in [1.82, 2.24) is 19.7 Å². The van der Waals surface area contributed by atoms with Crippen LogP contribution in [0.25, 0.3) is 21.1 Å². The first-order chi connectivity index (χ1) is 13.9. The van der Waals surface area contributed by atoms with Crippen molar-refractivity contribution in [2.75, 3.05) is 0 Å². The highest BCUT2D eigenvalue weighted by Crippen LogP contribution is 2.36. The predicted molar refractivity (Wildman–Crippen MR) is 109 cm³/mol. The van der Waals surface area contributed by atoms with Gasteiger partial charge in [-0.15, -0.1) is 11.3 Å². The smallest absolute Gasteiger partial charge is 0.263 e. The molecule has 148 valence electrons. The van der Waals surface area contributed by atoms with E-state index >= 15 is 0 Å². The van der Waals surface area contributed by atoms with Crippen LogP contribution in [0.4, 0.5) is 13.2 Å². The van der Waals surface area contributed by atoms with Crippen LogP contribution < -0.4 is 0 Å². The van der Waals surface area contributed by atoms with Crippen LogP contribution in [0.2, 0.25) is 0 Å². The van der Waals surface area contributed by atoms with E-state index in [0.717, 1.165) is 27.1 Å². The molecule has 1 aromatic carbocycles. The molecule has 0 aliphatic carbocycles. The summed E-state index contributed by atoms with van der Waals surface area (Å²) in [6, 6.07) is 16.5. The molecule has 29 heavy (non-hydrogen) atoms. The summed E-state index contributed by atoms with van der Waals surface area (Å²) in [5.74, 6) is 0.758. The fourth-order valence-electron chi connectivity index (χ4n) is 2.74. The zero-order chi connectivity index (χ0) is 20.4. The zero-order valence-electron chi connectivity index (χ0n) is 15.2. The minimum atomic E-state index is -4.43. The van der Waals surface area contributed by atoms with Crippen molar-refractivity contribution in [3.63, 3.8) is 0 Å². The largest absolute Gasteiger partial charge is 0.433 e. The van der Waals surface area contributed by atoms with E-state index in [2.05, 4.69) is 15.1 Å². The first-order valence-corrected chi connectivity index (χ1v) is 10.4. The lowest BCUT2D eigenvalue weighted by molar-refractivity contribution is -0.143. The first kappa shape index (κ1) is 19.7. The molecule has 0 saturated carbocycles. The van der Waals surface area contributed by atoms with Crippen LogP contribution >= 0.6 is 23.1 Å². The Morgan fingerprint density at radius 1 is 1.00 bits per heavy atom. The van der Waals surface area contributed by atoms with Gasteiger partial charge in [0.25, 0.3) is 0 Å².